The summed E-state index contributed by atoms with van der Waals surface area (Å²) >= 11 is 0. The topological polar surface area (TPSA) is 64.6 Å². The van der Waals surface area contributed by atoms with Gasteiger partial charge in [0.05, 0.1) is 13.5 Å². The van der Waals surface area contributed by atoms with Gasteiger partial charge in [-0.15, -0.1) is 0 Å². The maximum absolute atomic E-state index is 11.6. The highest BCUT2D eigenvalue weighted by atomic mass is 16.6. The van der Waals surface area contributed by atoms with Gasteiger partial charge in [0.15, 0.2) is 0 Å². The molecule has 0 bridgehead atoms. The molecule has 0 aromatic heterocycles. The Morgan fingerprint density at radius 3 is 2.21 bits per heavy atom. The predicted octanol–water partition coefficient (Wildman–Crippen LogP) is 2.74. The van der Waals surface area contributed by atoms with Crippen LogP contribution in [0.3, 0.4) is 0 Å². The second-order valence-corrected chi connectivity index (χ2v) is 6.16. The zero-order valence-corrected chi connectivity index (χ0v) is 12.9. The summed E-state index contributed by atoms with van der Waals surface area (Å²) in [7, 11) is 1.37. The fourth-order valence-corrected chi connectivity index (χ4v) is 1.77. The van der Waals surface area contributed by atoms with Crippen molar-refractivity contribution in [2.24, 2.45) is 11.8 Å². The zero-order valence-electron chi connectivity index (χ0n) is 12.9. The first-order valence-electron chi connectivity index (χ1n) is 6.67. The third-order valence-corrected chi connectivity index (χ3v) is 2.42. The second kappa shape index (κ2) is 8.02. The van der Waals surface area contributed by atoms with Gasteiger partial charge in [0.2, 0.25) is 0 Å². The van der Waals surface area contributed by atoms with Gasteiger partial charge in [-0.05, 0) is 39.0 Å². The molecule has 0 aliphatic rings. The van der Waals surface area contributed by atoms with E-state index in [1.165, 1.54) is 7.11 Å². The molecule has 112 valence electrons. The van der Waals surface area contributed by atoms with Crippen LogP contribution < -0.4 is 5.32 Å². The molecule has 1 amide bonds. The smallest absolute Gasteiger partial charge is 0.407 e. The lowest BCUT2D eigenvalue weighted by atomic mass is 9.94. The summed E-state index contributed by atoms with van der Waals surface area (Å²) in [6.45, 7) is 10.0. The highest BCUT2D eigenvalue weighted by molar-refractivity contribution is 5.70. The number of ether oxygens (including phenoxy) is 2. The number of alkyl carbamates (subject to hydrolysis) is 1. The molecule has 0 rings (SSSR count). The highest BCUT2D eigenvalue weighted by Crippen LogP contribution is 2.15. The van der Waals surface area contributed by atoms with Gasteiger partial charge in [-0.2, -0.15) is 0 Å². The molecule has 0 aliphatic heterocycles. The minimum atomic E-state index is -0.514. The van der Waals surface area contributed by atoms with Crippen molar-refractivity contribution in [3.63, 3.8) is 0 Å². The van der Waals surface area contributed by atoms with Crippen LogP contribution in [0.4, 0.5) is 4.79 Å². The van der Waals surface area contributed by atoms with E-state index in [9.17, 15) is 9.59 Å². The Labute approximate surface area is 116 Å². The monoisotopic (exact) mass is 273 g/mol. The predicted molar refractivity (Wildman–Crippen MR) is 73.8 cm³/mol. The van der Waals surface area contributed by atoms with E-state index in [-0.39, 0.29) is 11.9 Å². The largest absolute Gasteiger partial charge is 0.469 e. The Balaban J connectivity index is 4.25. The van der Waals surface area contributed by atoms with Gasteiger partial charge in [0.1, 0.15) is 5.60 Å². The molecule has 0 heterocycles. The van der Waals surface area contributed by atoms with E-state index in [1.807, 2.05) is 20.8 Å². The van der Waals surface area contributed by atoms with Gasteiger partial charge in [-0.3, -0.25) is 4.79 Å². The molecule has 0 aromatic rings. The average Bonchev–Trinajstić information content (AvgIpc) is 2.22. The summed E-state index contributed by atoms with van der Waals surface area (Å²) in [4.78, 5) is 22.9. The molecule has 0 spiro atoms. The molecule has 0 saturated carbocycles. The van der Waals surface area contributed by atoms with Gasteiger partial charge >= 0.3 is 12.1 Å². The van der Waals surface area contributed by atoms with E-state index in [4.69, 9.17) is 4.74 Å². The summed E-state index contributed by atoms with van der Waals surface area (Å²) in [5, 5.41) is 2.71. The van der Waals surface area contributed by atoms with Crippen LogP contribution >= 0.6 is 0 Å². The fourth-order valence-electron chi connectivity index (χ4n) is 1.77. The first-order valence-corrected chi connectivity index (χ1v) is 6.67. The molecule has 19 heavy (non-hydrogen) atoms. The molecule has 0 radical (unpaired) electrons. The Kier molecular flexibility index (Phi) is 7.49. The van der Waals surface area contributed by atoms with Crippen LogP contribution in [-0.2, 0) is 14.3 Å². The summed E-state index contributed by atoms with van der Waals surface area (Å²) in [6, 6.07) is 0. The first-order chi connectivity index (χ1) is 8.64. The van der Waals surface area contributed by atoms with Crippen molar-refractivity contribution in [2.45, 2.75) is 53.1 Å². The van der Waals surface area contributed by atoms with Crippen LogP contribution in [0.2, 0.25) is 0 Å². The van der Waals surface area contributed by atoms with Gasteiger partial charge in [0.25, 0.3) is 0 Å². The number of hydrogen-bond acceptors (Lipinski definition) is 4. The van der Waals surface area contributed by atoms with Crippen molar-refractivity contribution in [2.75, 3.05) is 13.7 Å². The minimum absolute atomic E-state index is 0.0694. The van der Waals surface area contributed by atoms with E-state index in [0.29, 0.717) is 18.9 Å². The van der Waals surface area contributed by atoms with Crippen molar-refractivity contribution in [1.82, 2.24) is 5.32 Å². The summed E-state index contributed by atoms with van der Waals surface area (Å²) in [6.07, 6.45) is 0.709. The standard InChI is InChI=1S/C14H27NO4/c1-10(2)7-11(8-12(16)18-6)9-15-13(17)19-14(3,4)5/h10-11H,7-9H2,1-6H3,(H,15,17)/t11-/m1/s1. The molecule has 5 heteroatoms. The van der Waals surface area contributed by atoms with Crippen molar-refractivity contribution < 1.29 is 19.1 Å². The maximum atomic E-state index is 11.6. The number of hydrogen-bond donors (Lipinski definition) is 1. The molecule has 0 unspecified atom stereocenters. The number of rotatable bonds is 6. The third-order valence-electron chi connectivity index (χ3n) is 2.42. The van der Waals surface area contributed by atoms with Crippen LogP contribution in [0, 0.1) is 11.8 Å². The molecular weight excluding hydrogens is 246 g/mol. The highest BCUT2D eigenvalue weighted by Gasteiger charge is 2.20. The van der Waals surface area contributed by atoms with Crippen molar-refractivity contribution in [1.29, 1.82) is 0 Å². The number of methoxy groups -OCH3 is 1. The van der Waals surface area contributed by atoms with E-state index in [0.717, 1.165) is 6.42 Å². The molecular formula is C14H27NO4. The van der Waals surface area contributed by atoms with Crippen LogP contribution in [0.5, 0.6) is 0 Å². The minimum Gasteiger partial charge on any atom is -0.469 e. The van der Waals surface area contributed by atoms with Crippen LogP contribution in [-0.4, -0.2) is 31.3 Å². The number of carbonyl (C=O) groups excluding carboxylic acids is 2. The Bertz CT molecular complexity index is 294. The van der Waals surface area contributed by atoms with Crippen molar-refractivity contribution >= 4 is 12.1 Å². The SMILES string of the molecule is COC(=O)C[C@H](CNC(=O)OC(C)(C)C)CC(C)C. The molecule has 5 nitrogen and oxygen atoms in total. The van der Waals surface area contributed by atoms with Crippen molar-refractivity contribution in [3.8, 4) is 0 Å². The lowest BCUT2D eigenvalue weighted by molar-refractivity contribution is -0.141. The van der Waals surface area contributed by atoms with Crippen LogP contribution in [0.1, 0.15) is 47.5 Å². The zero-order chi connectivity index (χ0) is 15.1. The van der Waals surface area contributed by atoms with E-state index in [1.54, 1.807) is 0 Å². The third kappa shape index (κ3) is 10.4. The van der Waals surface area contributed by atoms with E-state index >= 15 is 0 Å². The molecule has 1 atom stereocenters. The van der Waals surface area contributed by atoms with Gasteiger partial charge in [-0.25, -0.2) is 4.79 Å². The number of carbonyl (C=O) groups is 2. The molecule has 0 saturated heterocycles. The molecule has 0 fully saturated rings. The lowest BCUT2D eigenvalue weighted by Crippen LogP contribution is -2.36. The van der Waals surface area contributed by atoms with E-state index in [2.05, 4.69) is 23.9 Å². The quantitative estimate of drug-likeness (QED) is 0.756. The maximum Gasteiger partial charge on any atom is 0.407 e. The second-order valence-electron chi connectivity index (χ2n) is 6.16. The van der Waals surface area contributed by atoms with Gasteiger partial charge in [-0.1, -0.05) is 13.8 Å². The van der Waals surface area contributed by atoms with E-state index < -0.39 is 11.7 Å². The van der Waals surface area contributed by atoms with Crippen LogP contribution in [0.25, 0.3) is 0 Å². The average molecular weight is 273 g/mol. The number of esters is 1. The Hall–Kier alpha value is -1.26. The Morgan fingerprint density at radius 1 is 1.21 bits per heavy atom. The van der Waals surface area contributed by atoms with Crippen LogP contribution in [0.15, 0.2) is 0 Å². The van der Waals surface area contributed by atoms with Crippen molar-refractivity contribution in [3.05, 3.63) is 0 Å². The number of nitrogens with one attached hydrogen (secondary N) is 1. The number of amides is 1. The Morgan fingerprint density at radius 2 is 1.79 bits per heavy atom. The fraction of sp³-hybridized carbons (Fsp3) is 0.857. The normalized spacial score (nSPS) is 13.0. The molecule has 0 aliphatic carbocycles. The molecule has 1 N–H and O–H groups in total. The van der Waals surface area contributed by atoms with Gasteiger partial charge in [0, 0.05) is 6.54 Å². The van der Waals surface area contributed by atoms with Gasteiger partial charge < -0.3 is 14.8 Å². The first kappa shape index (κ1) is 17.7. The lowest BCUT2D eigenvalue weighted by Gasteiger charge is -2.22. The summed E-state index contributed by atoms with van der Waals surface area (Å²) in [5.74, 6) is 0.270. The summed E-state index contributed by atoms with van der Waals surface area (Å²) < 4.78 is 9.82. The summed E-state index contributed by atoms with van der Waals surface area (Å²) in [5.41, 5.74) is -0.514. The molecule has 0 aromatic carbocycles.